The molecule has 1 heterocycles. The minimum atomic E-state index is -0.0627. The van der Waals surface area contributed by atoms with Crippen molar-refractivity contribution in [1.82, 2.24) is 4.90 Å². The number of benzene rings is 1. The average molecular weight is 282 g/mol. The molecule has 1 aromatic carbocycles. The van der Waals surface area contributed by atoms with Crippen LogP contribution in [0.2, 0.25) is 0 Å². The van der Waals surface area contributed by atoms with Gasteiger partial charge in [0.15, 0.2) is 5.78 Å². The third-order valence-corrected chi connectivity index (χ3v) is 3.23. The molecule has 1 aromatic rings. The number of Topliss-reactive ketones (excluding diaryl/α,β-unsaturated/α-hetero) is 1. The molecule has 84 valence electrons. The number of hydrogen-bond donors (Lipinski definition) is 0. The van der Waals surface area contributed by atoms with E-state index in [2.05, 4.69) is 15.9 Å². The maximum atomic E-state index is 11.5. The summed E-state index contributed by atoms with van der Waals surface area (Å²) >= 11 is 3.40. The quantitative estimate of drug-likeness (QED) is 0.779. The Kier molecular flexibility index (Phi) is 3.10. The zero-order valence-corrected chi connectivity index (χ0v) is 10.6. The Labute approximate surface area is 103 Å². The Balaban J connectivity index is 2.15. The van der Waals surface area contributed by atoms with E-state index in [-0.39, 0.29) is 24.7 Å². The van der Waals surface area contributed by atoms with Crippen LogP contribution >= 0.6 is 15.9 Å². The van der Waals surface area contributed by atoms with Gasteiger partial charge in [-0.25, -0.2) is 0 Å². The summed E-state index contributed by atoms with van der Waals surface area (Å²) in [5, 5.41) is 0. The highest BCUT2D eigenvalue weighted by molar-refractivity contribution is 9.10. The number of likely N-dealkylation sites (tertiary alicyclic amines) is 1. The molecular weight excluding hydrogens is 270 g/mol. The Bertz CT molecular complexity index is 456. The van der Waals surface area contributed by atoms with E-state index in [0.29, 0.717) is 6.54 Å². The summed E-state index contributed by atoms with van der Waals surface area (Å²) in [4.78, 5) is 24.2. The predicted molar refractivity (Wildman–Crippen MR) is 63.9 cm³/mol. The topological polar surface area (TPSA) is 37.4 Å². The van der Waals surface area contributed by atoms with Crippen LogP contribution in [0.5, 0.6) is 0 Å². The van der Waals surface area contributed by atoms with Crippen molar-refractivity contribution in [2.45, 2.75) is 19.9 Å². The minimum Gasteiger partial charge on any atom is -0.331 e. The SMILES string of the molecule is Cc1cc(Br)ccc1CN1CC(=O)CC1=O. The summed E-state index contributed by atoms with van der Waals surface area (Å²) in [7, 11) is 0. The maximum Gasteiger partial charge on any atom is 0.230 e. The Hall–Kier alpha value is -1.16. The lowest BCUT2D eigenvalue weighted by atomic mass is 10.1. The lowest BCUT2D eigenvalue weighted by Gasteiger charge is -2.16. The van der Waals surface area contributed by atoms with E-state index in [9.17, 15) is 9.59 Å². The highest BCUT2D eigenvalue weighted by Gasteiger charge is 2.27. The molecule has 3 nitrogen and oxygen atoms in total. The standard InChI is InChI=1S/C12H12BrNO2/c1-8-4-10(13)3-2-9(8)6-14-7-11(15)5-12(14)16/h2-4H,5-7H2,1H3. The first-order chi connectivity index (χ1) is 7.56. The zero-order chi connectivity index (χ0) is 11.7. The van der Waals surface area contributed by atoms with Crippen LogP contribution in [0, 0.1) is 6.92 Å². The number of carbonyl (C=O) groups is 2. The van der Waals surface area contributed by atoms with Crippen molar-refractivity contribution in [2.75, 3.05) is 6.54 Å². The Morgan fingerprint density at radius 3 is 2.69 bits per heavy atom. The van der Waals surface area contributed by atoms with Crippen LogP contribution in [0.1, 0.15) is 17.5 Å². The highest BCUT2D eigenvalue weighted by Crippen LogP contribution is 2.19. The van der Waals surface area contributed by atoms with E-state index in [0.717, 1.165) is 15.6 Å². The third kappa shape index (κ3) is 2.32. The van der Waals surface area contributed by atoms with Gasteiger partial charge in [-0.05, 0) is 30.2 Å². The second-order valence-electron chi connectivity index (χ2n) is 4.04. The number of hydrogen-bond acceptors (Lipinski definition) is 2. The normalized spacial score (nSPS) is 16.0. The summed E-state index contributed by atoms with van der Waals surface area (Å²) in [6, 6.07) is 5.94. The molecule has 0 aliphatic carbocycles. The molecule has 0 radical (unpaired) electrons. The number of amides is 1. The van der Waals surface area contributed by atoms with Crippen molar-refractivity contribution in [3.63, 3.8) is 0 Å². The van der Waals surface area contributed by atoms with Crippen LogP contribution < -0.4 is 0 Å². The molecule has 1 fully saturated rings. The van der Waals surface area contributed by atoms with Crippen molar-refractivity contribution < 1.29 is 9.59 Å². The Morgan fingerprint density at radius 1 is 1.38 bits per heavy atom. The molecule has 0 bridgehead atoms. The van der Waals surface area contributed by atoms with Gasteiger partial charge in [0.2, 0.25) is 5.91 Å². The third-order valence-electron chi connectivity index (χ3n) is 2.73. The van der Waals surface area contributed by atoms with Crippen LogP contribution in [-0.2, 0) is 16.1 Å². The fourth-order valence-electron chi connectivity index (χ4n) is 1.82. The molecule has 0 saturated carbocycles. The minimum absolute atomic E-state index is 0.0137. The molecule has 0 spiro atoms. The van der Waals surface area contributed by atoms with E-state index in [1.807, 2.05) is 25.1 Å². The first-order valence-corrected chi connectivity index (χ1v) is 5.90. The van der Waals surface area contributed by atoms with Crippen molar-refractivity contribution in [3.05, 3.63) is 33.8 Å². The molecule has 0 atom stereocenters. The lowest BCUT2D eigenvalue weighted by Crippen LogP contribution is -2.24. The summed E-state index contributed by atoms with van der Waals surface area (Å²) < 4.78 is 1.03. The summed E-state index contributed by atoms with van der Waals surface area (Å²) in [5.74, 6) is -0.0490. The van der Waals surface area contributed by atoms with Crippen LogP contribution in [-0.4, -0.2) is 23.1 Å². The van der Waals surface area contributed by atoms with E-state index < -0.39 is 0 Å². The molecule has 1 aliphatic rings. The number of carbonyl (C=O) groups excluding carboxylic acids is 2. The molecule has 0 unspecified atom stereocenters. The van der Waals surface area contributed by atoms with Gasteiger partial charge in [0.05, 0.1) is 13.0 Å². The van der Waals surface area contributed by atoms with Crippen LogP contribution in [0.15, 0.2) is 22.7 Å². The number of halogens is 1. The van der Waals surface area contributed by atoms with Crippen molar-refractivity contribution in [3.8, 4) is 0 Å². The maximum absolute atomic E-state index is 11.5. The van der Waals surface area contributed by atoms with Crippen LogP contribution in [0.4, 0.5) is 0 Å². The fourth-order valence-corrected chi connectivity index (χ4v) is 2.30. The number of ketones is 1. The first-order valence-electron chi connectivity index (χ1n) is 5.11. The number of rotatable bonds is 2. The second kappa shape index (κ2) is 4.37. The molecular formula is C12H12BrNO2. The highest BCUT2D eigenvalue weighted by atomic mass is 79.9. The molecule has 4 heteroatoms. The smallest absolute Gasteiger partial charge is 0.230 e. The van der Waals surface area contributed by atoms with Gasteiger partial charge in [0.1, 0.15) is 0 Å². The Morgan fingerprint density at radius 2 is 2.12 bits per heavy atom. The van der Waals surface area contributed by atoms with E-state index >= 15 is 0 Å². The van der Waals surface area contributed by atoms with Crippen LogP contribution in [0.25, 0.3) is 0 Å². The average Bonchev–Trinajstić information content (AvgIpc) is 2.50. The van der Waals surface area contributed by atoms with Gasteiger partial charge in [-0.2, -0.15) is 0 Å². The van der Waals surface area contributed by atoms with E-state index in [4.69, 9.17) is 0 Å². The lowest BCUT2D eigenvalue weighted by molar-refractivity contribution is -0.128. The predicted octanol–water partition coefficient (Wildman–Crippen LogP) is 2.06. The molecule has 2 rings (SSSR count). The van der Waals surface area contributed by atoms with Gasteiger partial charge in [-0.1, -0.05) is 22.0 Å². The summed E-state index contributed by atoms with van der Waals surface area (Å²) in [5.41, 5.74) is 2.22. The van der Waals surface area contributed by atoms with Crippen molar-refractivity contribution in [2.24, 2.45) is 0 Å². The molecule has 0 aromatic heterocycles. The summed E-state index contributed by atoms with van der Waals surface area (Å²) in [6.07, 6.45) is 0.0651. The van der Waals surface area contributed by atoms with Crippen molar-refractivity contribution >= 4 is 27.6 Å². The zero-order valence-electron chi connectivity index (χ0n) is 9.00. The first kappa shape index (κ1) is 11.3. The fraction of sp³-hybridized carbons (Fsp3) is 0.333. The molecule has 1 aliphatic heterocycles. The number of aryl methyl sites for hydroxylation is 1. The van der Waals surface area contributed by atoms with Gasteiger partial charge in [0.25, 0.3) is 0 Å². The van der Waals surface area contributed by atoms with Gasteiger partial charge in [-0.15, -0.1) is 0 Å². The van der Waals surface area contributed by atoms with Gasteiger partial charge in [0, 0.05) is 11.0 Å². The molecule has 16 heavy (non-hydrogen) atoms. The number of nitrogens with zero attached hydrogens (tertiary/aromatic N) is 1. The molecule has 0 N–H and O–H groups in total. The summed E-state index contributed by atoms with van der Waals surface area (Å²) in [6.45, 7) is 2.79. The molecule has 1 amide bonds. The van der Waals surface area contributed by atoms with E-state index in [1.165, 1.54) is 0 Å². The monoisotopic (exact) mass is 281 g/mol. The van der Waals surface area contributed by atoms with Gasteiger partial charge in [-0.3, -0.25) is 9.59 Å². The van der Waals surface area contributed by atoms with Gasteiger partial charge >= 0.3 is 0 Å². The van der Waals surface area contributed by atoms with Gasteiger partial charge < -0.3 is 4.90 Å². The molecule has 1 saturated heterocycles. The largest absolute Gasteiger partial charge is 0.331 e. The van der Waals surface area contributed by atoms with E-state index in [1.54, 1.807) is 4.90 Å². The second-order valence-corrected chi connectivity index (χ2v) is 4.95. The van der Waals surface area contributed by atoms with Crippen molar-refractivity contribution in [1.29, 1.82) is 0 Å². The van der Waals surface area contributed by atoms with Crippen LogP contribution in [0.3, 0.4) is 0 Å².